The Bertz CT molecular complexity index is 573. The Kier molecular flexibility index (Phi) is 3.46. The molecule has 0 heterocycles. The Morgan fingerprint density at radius 2 is 1.58 bits per heavy atom. The SMILES string of the molecule is COc1cccc(-c2ccc(F)cc2)c1C(F)(F)F. The summed E-state index contributed by atoms with van der Waals surface area (Å²) in [6.07, 6.45) is -4.55. The molecule has 2 aromatic carbocycles. The first kappa shape index (κ1) is 13.4. The highest BCUT2D eigenvalue weighted by Crippen LogP contribution is 2.42. The Morgan fingerprint density at radius 1 is 0.947 bits per heavy atom. The third-order valence-corrected chi connectivity index (χ3v) is 2.68. The van der Waals surface area contributed by atoms with Crippen LogP contribution in [0.25, 0.3) is 11.1 Å². The van der Waals surface area contributed by atoms with Crippen molar-refractivity contribution in [1.82, 2.24) is 0 Å². The van der Waals surface area contributed by atoms with Gasteiger partial charge in [-0.1, -0.05) is 24.3 Å². The van der Waals surface area contributed by atoms with Gasteiger partial charge in [-0.2, -0.15) is 13.2 Å². The molecule has 0 spiro atoms. The number of hydrogen-bond acceptors (Lipinski definition) is 1. The fraction of sp³-hybridized carbons (Fsp3) is 0.143. The van der Waals surface area contributed by atoms with Crippen LogP contribution in [0.5, 0.6) is 5.75 Å². The van der Waals surface area contributed by atoms with E-state index in [-0.39, 0.29) is 16.9 Å². The van der Waals surface area contributed by atoms with Crippen LogP contribution in [0.4, 0.5) is 17.6 Å². The molecule has 19 heavy (non-hydrogen) atoms. The zero-order chi connectivity index (χ0) is 14.0. The number of halogens is 4. The third kappa shape index (κ3) is 2.70. The lowest BCUT2D eigenvalue weighted by Gasteiger charge is -2.16. The molecule has 0 fully saturated rings. The maximum Gasteiger partial charge on any atom is 0.420 e. The average Bonchev–Trinajstić information content (AvgIpc) is 2.37. The molecule has 0 aliphatic carbocycles. The lowest BCUT2D eigenvalue weighted by atomic mass is 9.98. The Hall–Kier alpha value is -2.04. The van der Waals surface area contributed by atoms with Crippen LogP contribution in [-0.2, 0) is 6.18 Å². The van der Waals surface area contributed by atoms with Crippen LogP contribution in [0.15, 0.2) is 42.5 Å². The molecule has 0 amide bonds. The number of hydrogen-bond donors (Lipinski definition) is 0. The van der Waals surface area contributed by atoms with Crippen molar-refractivity contribution in [2.45, 2.75) is 6.18 Å². The number of benzene rings is 2. The highest BCUT2D eigenvalue weighted by atomic mass is 19.4. The first-order valence-electron chi connectivity index (χ1n) is 5.43. The summed E-state index contributed by atoms with van der Waals surface area (Å²) < 4.78 is 56.9. The quantitative estimate of drug-likeness (QED) is 0.729. The van der Waals surface area contributed by atoms with Crippen molar-refractivity contribution >= 4 is 0 Å². The van der Waals surface area contributed by atoms with Crippen molar-refractivity contribution in [3.63, 3.8) is 0 Å². The van der Waals surface area contributed by atoms with E-state index in [1.807, 2.05) is 0 Å². The van der Waals surface area contributed by atoms with Gasteiger partial charge >= 0.3 is 6.18 Å². The topological polar surface area (TPSA) is 9.23 Å². The van der Waals surface area contributed by atoms with Gasteiger partial charge in [-0.05, 0) is 29.3 Å². The normalized spacial score (nSPS) is 11.4. The van der Waals surface area contributed by atoms with Gasteiger partial charge in [-0.3, -0.25) is 0 Å². The van der Waals surface area contributed by atoms with Crippen LogP contribution < -0.4 is 4.74 Å². The van der Waals surface area contributed by atoms with Crippen LogP contribution >= 0.6 is 0 Å². The monoisotopic (exact) mass is 270 g/mol. The molecule has 0 bridgehead atoms. The average molecular weight is 270 g/mol. The molecule has 0 saturated heterocycles. The first-order valence-corrected chi connectivity index (χ1v) is 5.43. The molecule has 0 unspecified atom stereocenters. The highest BCUT2D eigenvalue weighted by Gasteiger charge is 2.37. The van der Waals surface area contributed by atoms with E-state index in [9.17, 15) is 17.6 Å². The number of alkyl halides is 3. The lowest BCUT2D eigenvalue weighted by Crippen LogP contribution is -2.09. The Balaban J connectivity index is 2.66. The summed E-state index contributed by atoms with van der Waals surface area (Å²) in [4.78, 5) is 0. The van der Waals surface area contributed by atoms with Crippen LogP contribution in [0.1, 0.15) is 5.56 Å². The van der Waals surface area contributed by atoms with Crippen LogP contribution in [0.2, 0.25) is 0 Å². The maximum absolute atomic E-state index is 13.1. The van der Waals surface area contributed by atoms with Gasteiger partial charge in [0.2, 0.25) is 0 Å². The van der Waals surface area contributed by atoms with Gasteiger partial charge in [0.15, 0.2) is 0 Å². The second kappa shape index (κ2) is 4.91. The summed E-state index contributed by atoms with van der Waals surface area (Å²) in [5.74, 6) is -0.755. The van der Waals surface area contributed by atoms with Gasteiger partial charge in [0, 0.05) is 0 Å². The minimum Gasteiger partial charge on any atom is -0.496 e. The largest absolute Gasteiger partial charge is 0.496 e. The molecule has 2 rings (SSSR count). The predicted molar refractivity (Wildman–Crippen MR) is 63.4 cm³/mol. The fourth-order valence-corrected chi connectivity index (χ4v) is 1.86. The fourth-order valence-electron chi connectivity index (χ4n) is 1.86. The number of rotatable bonds is 2. The number of methoxy groups -OCH3 is 1. The van der Waals surface area contributed by atoms with Gasteiger partial charge in [0.25, 0.3) is 0 Å². The van der Waals surface area contributed by atoms with Gasteiger partial charge < -0.3 is 4.74 Å². The van der Waals surface area contributed by atoms with Crippen LogP contribution in [0.3, 0.4) is 0 Å². The Labute approximate surface area is 107 Å². The second-order valence-corrected chi connectivity index (χ2v) is 3.89. The van der Waals surface area contributed by atoms with E-state index >= 15 is 0 Å². The molecule has 0 aliphatic rings. The van der Waals surface area contributed by atoms with E-state index in [1.165, 1.54) is 37.4 Å². The molecule has 5 heteroatoms. The van der Waals surface area contributed by atoms with Gasteiger partial charge in [-0.25, -0.2) is 4.39 Å². The molecule has 0 saturated carbocycles. The standard InChI is InChI=1S/C14H10F4O/c1-19-12-4-2-3-11(13(12)14(16,17)18)9-5-7-10(15)8-6-9/h2-8H,1H3. The summed E-state index contributed by atoms with van der Waals surface area (Å²) in [5.41, 5.74) is -0.608. The molecule has 2 aromatic rings. The van der Waals surface area contributed by atoms with Crippen LogP contribution in [-0.4, -0.2) is 7.11 Å². The van der Waals surface area contributed by atoms with Crippen molar-refractivity contribution in [2.24, 2.45) is 0 Å². The third-order valence-electron chi connectivity index (χ3n) is 2.68. The van der Waals surface area contributed by atoms with Crippen LogP contribution in [0, 0.1) is 5.82 Å². The molecule has 0 aromatic heterocycles. The Morgan fingerprint density at radius 3 is 2.11 bits per heavy atom. The highest BCUT2D eigenvalue weighted by molar-refractivity contribution is 5.70. The lowest BCUT2D eigenvalue weighted by molar-refractivity contribution is -0.138. The summed E-state index contributed by atoms with van der Waals surface area (Å²) in [6.45, 7) is 0. The maximum atomic E-state index is 13.1. The van der Waals surface area contributed by atoms with Gasteiger partial charge in [-0.15, -0.1) is 0 Å². The smallest absolute Gasteiger partial charge is 0.420 e. The molecule has 0 radical (unpaired) electrons. The summed E-state index contributed by atoms with van der Waals surface area (Å²) in [5, 5.41) is 0. The molecule has 1 nitrogen and oxygen atoms in total. The molecular weight excluding hydrogens is 260 g/mol. The van der Waals surface area contributed by atoms with Crippen molar-refractivity contribution in [2.75, 3.05) is 7.11 Å². The molecule has 100 valence electrons. The molecule has 0 N–H and O–H groups in total. The van der Waals surface area contributed by atoms with Crippen molar-refractivity contribution < 1.29 is 22.3 Å². The first-order chi connectivity index (χ1) is 8.93. The van der Waals surface area contributed by atoms with E-state index in [1.54, 1.807) is 0 Å². The second-order valence-electron chi connectivity index (χ2n) is 3.89. The summed E-state index contributed by atoms with van der Waals surface area (Å²) >= 11 is 0. The zero-order valence-electron chi connectivity index (χ0n) is 9.96. The minimum atomic E-state index is -4.55. The van der Waals surface area contributed by atoms with Crippen molar-refractivity contribution in [3.05, 3.63) is 53.8 Å². The summed E-state index contributed by atoms with van der Waals surface area (Å²) in [6, 6.07) is 8.89. The predicted octanol–water partition coefficient (Wildman–Crippen LogP) is 4.52. The van der Waals surface area contributed by atoms with Gasteiger partial charge in [0.1, 0.15) is 17.1 Å². The van der Waals surface area contributed by atoms with E-state index in [0.717, 1.165) is 12.1 Å². The molecule has 0 aliphatic heterocycles. The van der Waals surface area contributed by atoms with E-state index in [2.05, 4.69) is 0 Å². The molecule has 0 atom stereocenters. The summed E-state index contributed by atoms with van der Waals surface area (Å²) in [7, 11) is 1.18. The molecular formula is C14H10F4O. The van der Waals surface area contributed by atoms with Crippen molar-refractivity contribution in [1.29, 1.82) is 0 Å². The van der Waals surface area contributed by atoms with E-state index in [4.69, 9.17) is 4.74 Å². The van der Waals surface area contributed by atoms with Gasteiger partial charge in [0.05, 0.1) is 7.11 Å². The van der Waals surface area contributed by atoms with E-state index in [0.29, 0.717) is 0 Å². The van der Waals surface area contributed by atoms with Crippen molar-refractivity contribution in [3.8, 4) is 16.9 Å². The zero-order valence-corrected chi connectivity index (χ0v) is 9.96. The van der Waals surface area contributed by atoms with E-state index < -0.39 is 17.6 Å². The number of ether oxygens (including phenoxy) is 1. The minimum absolute atomic E-state index is 0.0353.